The minimum absolute atomic E-state index is 0.274. The van der Waals surface area contributed by atoms with E-state index in [0.717, 1.165) is 11.0 Å². The van der Waals surface area contributed by atoms with Gasteiger partial charge >= 0.3 is 5.97 Å². The van der Waals surface area contributed by atoms with E-state index in [1.807, 2.05) is 35.8 Å². The third-order valence-electron chi connectivity index (χ3n) is 4.60. The van der Waals surface area contributed by atoms with E-state index < -0.39 is 12.0 Å². The van der Waals surface area contributed by atoms with Gasteiger partial charge in [0.05, 0.1) is 29.3 Å². The number of rotatable bonds is 3. The van der Waals surface area contributed by atoms with Gasteiger partial charge in [-0.1, -0.05) is 41.4 Å². The Balaban J connectivity index is 2.05. The Morgan fingerprint density at radius 3 is 2.59 bits per heavy atom. The number of para-hydroxylation sites is 2. The molecular formula is C20H17Cl2N3O2. The molecule has 0 saturated heterocycles. The molecule has 0 bridgehead atoms. The van der Waals surface area contributed by atoms with Crippen LogP contribution in [0.15, 0.2) is 53.7 Å². The third-order valence-corrected chi connectivity index (χ3v) is 5.26. The fraction of sp³-hybridized carbons (Fsp3) is 0.200. The Morgan fingerprint density at radius 1 is 1.19 bits per heavy atom. The molecule has 4 rings (SSSR count). The van der Waals surface area contributed by atoms with Crippen molar-refractivity contribution < 1.29 is 9.53 Å². The van der Waals surface area contributed by atoms with E-state index in [2.05, 4.69) is 10.3 Å². The number of ether oxygens (including phenoxy) is 1. The van der Waals surface area contributed by atoms with E-state index in [4.69, 9.17) is 27.9 Å². The molecule has 0 saturated carbocycles. The Kier molecular flexibility index (Phi) is 4.58. The van der Waals surface area contributed by atoms with Crippen LogP contribution in [0, 0.1) is 0 Å². The molecular weight excluding hydrogens is 385 g/mol. The number of halogens is 2. The summed E-state index contributed by atoms with van der Waals surface area (Å²) in [6.45, 7) is 3.88. The van der Waals surface area contributed by atoms with E-state index in [-0.39, 0.29) is 6.61 Å². The second-order valence-electron chi connectivity index (χ2n) is 6.22. The number of nitrogens with zero attached hydrogens (tertiary/aromatic N) is 2. The van der Waals surface area contributed by atoms with Gasteiger partial charge in [-0.15, -0.1) is 0 Å². The summed E-state index contributed by atoms with van der Waals surface area (Å²) in [5.74, 6) is 0.217. The van der Waals surface area contributed by atoms with Crippen molar-refractivity contribution in [1.29, 1.82) is 0 Å². The van der Waals surface area contributed by atoms with Crippen molar-refractivity contribution in [2.45, 2.75) is 19.9 Å². The molecule has 2 aromatic carbocycles. The predicted octanol–water partition coefficient (Wildman–Crippen LogP) is 5.20. The Morgan fingerprint density at radius 2 is 1.89 bits per heavy atom. The number of esters is 1. The van der Waals surface area contributed by atoms with Crippen molar-refractivity contribution in [3.05, 3.63) is 69.3 Å². The first-order valence-electron chi connectivity index (χ1n) is 8.58. The first-order chi connectivity index (χ1) is 13.0. The highest BCUT2D eigenvalue weighted by atomic mass is 35.5. The summed E-state index contributed by atoms with van der Waals surface area (Å²) in [4.78, 5) is 17.5. The second-order valence-corrected chi connectivity index (χ2v) is 7.03. The topological polar surface area (TPSA) is 56.1 Å². The smallest absolute Gasteiger partial charge is 0.338 e. The van der Waals surface area contributed by atoms with Crippen molar-refractivity contribution >= 4 is 46.2 Å². The molecule has 138 valence electrons. The van der Waals surface area contributed by atoms with Gasteiger partial charge in [0.2, 0.25) is 5.95 Å². The number of hydrogen-bond donors (Lipinski definition) is 1. The molecule has 0 spiro atoms. The van der Waals surface area contributed by atoms with Crippen LogP contribution in [0.2, 0.25) is 10.0 Å². The van der Waals surface area contributed by atoms with Crippen LogP contribution in [-0.2, 0) is 9.53 Å². The average molecular weight is 402 g/mol. The predicted molar refractivity (Wildman–Crippen MR) is 107 cm³/mol. The summed E-state index contributed by atoms with van der Waals surface area (Å²) >= 11 is 13.1. The lowest BCUT2D eigenvalue weighted by molar-refractivity contribution is -0.139. The van der Waals surface area contributed by atoms with Crippen LogP contribution < -0.4 is 5.32 Å². The molecule has 1 N–H and O–H groups in total. The van der Waals surface area contributed by atoms with Gasteiger partial charge in [0.25, 0.3) is 0 Å². The lowest BCUT2D eigenvalue weighted by Crippen LogP contribution is -2.29. The normalized spacial score (nSPS) is 16.2. The standard InChI is InChI=1S/C20H17Cl2N3O2/c1-3-27-19(26)16-11(2)23-20-24-14-9-4-5-10-15(14)25(20)18(16)17-12(21)7-6-8-13(17)22/h4-10,18H,3H2,1-2H3,(H,23,24)/t18-/m1/s1. The second kappa shape index (κ2) is 6.91. The molecule has 0 amide bonds. The molecule has 0 radical (unpaired) electrons. The van der Waals surface area contributed by atoms with E-state index in [1.54, 1.807) is 25.1 Å². The Hall–Kier alpha value is -2.50. The molecule has 0 aliphatic carbocycles. The fourth-order valence-electron chi connectivity index (χ4n) is 3.48. The van der Waals surface area contributed by atoms with Gasteiger partial charge in [-0.25, -0.2) is 9.78 Å². The van der Waals surface area contributed by atoms with E-state index in [1.165, 1.54) is 0 Å². The zero-order chi connectivity index (χ0) is 19.1. The number of allylic oxidation sites excluding steroid dienone is 1. The highest BCUT2D eigenvalue weighted by molar-refractivity contribution is 6.36. The van der Waals surface area contributed by atoms with Crippen molar-refractivity contribution in [1.82, 2.24) is 9.55 Å². The van der Waals surface area contributed by atoms with Crippen LogP contribution in [0.3, 0.4) is 0 Å². The highest BCUT2D eigenvalue weighted by Gasteiger charge is 2.37. The van der Waals surface area contributed by atoms with Crippen LogP contribution >= 0.6 is 23.2 Å². The molecule has 27 heavy (non-hydrogen) atoms. The lowest BCUT2D eigenvalue weighted by atomic mass is 9.95. The molecule has 2 heterocycles. The van der Waals surface area contributed by atoms with Crippen molar-refractivity contribution in [3.63, 3.8) is 0 Å². The maximum Gasteiger partial charge on any atom is 0.338 e. The summed E-state index contributed by atoms with van der Waals surface area (Å²) < 4.78 is 7.28. The van der Waals surface area contributed by atoms with E-state index >= 15 is 0 Å². The van der Waals surface area contributed by atoms with Gasteiger partial charge in [-0.2, -0.15) is 0 Å². The fourth-order valence-corrected chi connectivity index (χ4v) is 4.09. The molecule has 0 fully saturated rings. The van der Waals surface area contributed by atoms with Crippen molar-refractivity contribution in [3.8, 4) is 0 Å². The number of imidazole rings is 1. The van der Waals surface area contributed by atoms with Crippen molar-refractivity contribution in [2.24, 2.45) is 0 Å². The SMILES string of the molecule is CCOC(=O)C1=C(C)Nc2nc3ccccc3n2[C@H]1c1c(Cl)cccc1Cl. The summed E-state index contributed by atoms with van der Waals surface area (Å²) in [5, 5.41) is 4.18. The zero-order valence-corrected chi connectivity index (χ0v) is 16.3. The van der Waals surface area contributed by atoms with Crippen LogP contribution in [0.1, 0.15) is 25.5 Å². The van der Waals surface area contributed by atoms with Crippen LogP contribution in [0.5, 0.6) is 0 Å². The molecule has 1 aromatic heterocycles. The van der Waals surface area contributed by atoms with Gasteiger partial charge in [-0.05, 0) is 38.1 Å². The van der Waals surface area contributed by atoms with Crippen LogP contribution in [0.25, 0.3) is 11.0 Å². The average Bonchev–Trinajstić information content (AvgIpc) is 2.99. The molecule has 0 unspecified atom stereocenters. The number of hydrogen-bond acceptors (Lipinski definition) is 4. The maximum atomic E-state index is 12.8. The molecule has 7 heteroatoms. The minimum Gasteiger partial charge on any atom is -0.463 e. The third kappa shape index (κ3) is 2.87. The van der Waals surface area contributed by atoms with Crippen LogP contribution in [-0.4, -0.2) is 22.1 Å². The first kappa shape index (κ1) is 17.9. The summed E-state index contributed by atoms with van der Waals surface area (Å²) in [7, 11) is 0. The van der Waals surface area contributed by atoms with Gasteiger partial charge < -0.3 is 10.1 Å². The van der Waals surface area contributed by atoms with Crippen molar-refractivity contribution in [2.75, 3.05) is 11.9 Å². The molecule has 3 aromatic rings. The Bertz CT molecular complexity index is 1070. The molecule has 5 nitrogen and oxygen atoms in total. The number of nitrogens with one attached hydrogen (secondary N) is 1. The largest absolute Gasteiger partial charge is 0.463 e. The monoisotopic (exact) mass is 401 g/mol. The van der Waals surface area contributed by atoms with Gasteiger partial charge in [0.15, 0.2) is 0 Å². The van der Waals surface area contributed by atoms with E-state index in [9.17, 15) is 4.79 Å². The number of carbonyl (C=O) groups is 1. The van der Waals surface area contributed by atoms with E-state index in [0.29, 0.717) is 32.8 Å². The lowest BCUT2D eigenvalue weighted by Gasteiger charge is -2.31. The summed E-state index contributed by atoms with van der Waals surface area (Å²) in [6.07, 6.45) is 0. The maximum absolute atomic E-state index is 12.8. The number of fused-ring (bicyclic) bond motifs is 3. The number of carbonyl (C=O) groups excluding carboxylic acids is 1. The number of aromatic nitrogens is 2. The first-order valence-corrected chi connectivity index (χ1v) is 9.34. The van der Waals surface area contributed by atoms with Gasteiger partial charge in [0.1, 0.15) is 0 Å². The molecule has 1 aliphatic heterocycles. The van der Waals surface area contributed by atoms with Crippen LogP contribution in [0.4, 0.5) is 5.95 Å². The van der Waals surface area contributed by atoms with Gasteiger partial charge in [-0.3, -0.25) is 4.57 Å². The quantitative estimate of drug-likeness (QED) is 0.613. The summed E-state index contributed by atoms with van der Waals surface area (Å²) in [5.41, 5.74) is 3.45. The number of benzene rings is 2. The van der Waals surface area contributed by atoms with Gasteiger partial charge in [0, 0.05) is 21.3 Å². The Labute approximate surface area is 166 Å². The number of anilines is 1. The minimum atomic E-state index is -0.547. The highest BCUT2D eigenvalue weighted by Crippen LogP contribution is 2.44. The molecule has 1 aliphatic rings. The molecule has 1 atom stereocenters. The zero-order valence-electron chi connectivity index (χ0n) is 14.8. The summed E-state index contributed by atoms with van der Waals surface area (Å²) in [6, 6.07) is 12.5.